The topological polar surface area (TPSA) is 69.4 Å². The Labute approximate surface area is 91.2 Å². The van der Waals surface area contributed by atoms with Gasteiger partial charge in [0, 0.05) is 12.6 Å². The molecule has 3 rings (SSSR count). The Balaban J connectivity index is 2.00. The zero-order chi connectivity index (χ0) is 11.0. The van der Waals surface area contributed by atoms with Gasteiger partial charge in [0.05, 0.1) is 0 Å². The Morgan fingerprint density at radius 2 is 2.12 bits per heavy atom. The molecule has 1 aromatic carbocycles. The van der Waals surface area contributed by atoms with Gasteiger partial charge in [-0.05, 0) is 23.4 Å². The maximum atomic E-state index is 5.27. The lowest BCUT2D eigenvalue weighted by Gasteiger charge is -1.97. The van der Waals surface area contributed by atoms with Crippen molar-refractivity contribution in [3.63, 3.8) is 0 Å². The third kappa shape index (κ3) is 1.35. The molecule has 1 aromatic heterocycles. The van der Waals surface area contributed by atoms with Crippen LogP contribution >= 0.6 is 0 Å². The highest BCUT2D eigenvalue weighted by Gasteiger charge is 2.16. The number of fused-ring (bicyclic) bond motifs is 1. The summed E-state index contributed by atoms with van der Waals surface area (Å²) in [4.78, 5) is 4.14. The Bertz CT molecular complexity index is 524. The first kappa shape index (κ1) is 9.02. The second kappa shape index (κ2) is 3.41. The molecule has 1 N–H and O–H groups in total. The number of nitrogens with zero attached hydrogens (tertiary/aromatic N) is 2. The maximum absolute atomic E-state index is 5.27. The molecule has 0 saturated heterocycles. The molecule has 0 bridgehead atoms. The van der Waals surface area contributed by atoms with Crippen LogP contribution in [0.3, 0.4) is 0 Å². The highest BCUT2D eigenvalue weighted by molar-refractivity contribution is 5.61. The van der Waals surface area contributed by atoms with Gasteiger partial charge in [0.1, 0.15) is 0 Å². The standard InChI is InChI=1S/C10H9N3O3/c1-11-10-12-9(16-13-10)6-2-3-7-8(4-6)15-5-14-7/h2-4H,5H2,1H3,(H,11,13). The van der Waals surface area contributed by atoms with E-state index in [9.17, 15) is 0 Å². The molecule has 6 heteroatoms. The number of aromatic nitrogens is 2. The number of rotatable bonds is 2. The second-order valence-corrected chi connectivity index (χ2v) is 3.24. The molecule has 1 aliphatic heterocycles. The summed E-state index contributed by atoms with van der Waals surface area (Å²) >= 11 is 0. The third-order valence-corrected chi connectivity index (χ3v) is 2.27. The molecular weight excluding hydrogens is 210 g/mol. The number of ether oxygens (including phenoxy) is 2. The van der Waals surface area contributed by atoms with Crippen molar-refractivity contribution in [2.24, 2.45) is 0 Å². The first-order valence-corrected chi connectivity index (χ1v) is 4.78. The van der Waals surface area contributed by atoms with Gasteiger partial charge in [-0.25, -0.2) is 0 Å². The number of hydrogen-bond donors (Lipinski definition) is 1. The summed E-state index contributed by atoms with van der Waals surface area (Å²) in [7, 11) is 1.73. The molecule has 2 heterocycles. The zero-order valence-electron chi connectivity index (χ0n) is 8.56. The normalized spacial score (nSPS) is 12.8. The van der Waals surface area contributed by atoms with Crippen molar-refractivity contribution in [2.75, 3.05) is 19.2 Å². The zero-order valence-corrected chi connectivity index (χ0v) is 8.56. The van der Waals surface area contributed by atoms with Gasteiger partial charge in [0.15, 0.2) is 11.5 Å². The summed E-state index contributed by atoms with van der Waals surface area (Å²) < 4.78 is 15.6. The molecule has 0 unspecified atom stereocenters. The van der Waals surface area contributed by atoms with Crippen LogP contribution in [0.4, 0.5) is 5.95 Å². The molecule has 0 amide bonds. The van der Waals surface area contributed by atoms with E-state index in [0.29, 0.717) is 17.6 Å². The summed E-state index contributed by atoms with van der Waals surface area (Å²) in [6, 6.07) is 5.48. The van der Waals surface area contributed by atoms with E-state index in [2.05, 4.69) is 15.5 Å². The van der Waals surface area contributed by atoms with E-state index in [-0.39, 0.29) is 6.79 Å². The van der Waals surface area contributed by atoms with Crippen LogP contribution in [0.25, 0.3) is 11.5 Å². The van der Waals surface area contributed by atoms with Crippen molar-refractivity contribution >= 4 is 5.95 Å². The number of hydrogen-bond acceptors (Lipinski definition) is 6. The fourth-order valence-corrected chi connectivity index (χ4v) is 1.47. The van der Waals surface area contributed by atoms with Gasteiger partial charge in [-0.2, -0.15) is 4.98 Å². The highest BCUT2D eigenvalue weighted by atomic mass is 16.7. The molecule has 0 radical (unpaired) electrons. The van der Waals surface area contributed by atoms with E-state index in [1.54, 1.807) is 7.05 Å². The summed E-state index contributed by atoms with van der Waals surface area (Å²) in [6.07, 6.45) is 0. The predicted molar refractivity (Wildman–Crippen MR) is 55.4 cm³/mol. The van der Waals surface area contributed by atoms with Crippen LogP contribution in [0.5, 0.6) is 11.5 Å². The maximum Gasteiger partial charge on any atom is 0.263 e. The number of nitrogens with one attached hydrogen (secondary N) is 1. The van der Waals surface area contributed by atoms with Crippen molar-refractivity contribution < 1.29 is 14.0 Å². The van der Waals surface area contributed by atoms with Crippen LogP contribution in [-0.4, -0.2) is 24.0 Å². The first-order valence-electron chi connectivity index (χ1n) is 4.78. The second-order valence-electron chi connectivity index (χ2n) is 3.24. The van der Waals surface area contributed by atoms with Gasteiger partial charge in [-0.3, -0.25) is 0 Å². The van der Waals surface area contributed by atoms with Crippen molar-refractivity contribution in [1.29, 1.82) is 0 Å². The van der Waals surface area contributed by atoms with Crippen molar-refractivity contribution in [3.8, 4) is 23.0 Å². The molecule has 16 heavy (non-hydrogen) atoms. The summed E-state index contributed by atoms with van der Waals surface area (Å²) in [5.41, 5.74) is 0.804. The quantitative estimate of drug-likeness (QED) is 0.825. The van der Waals surface area contributed by atoms with Gasteiger partial charge >= 0.3 is 0 Å². The molecule has 0 spiro atoms. The monoisotopic (exact) mass is 219 g/mol. The van der Waals surface area contributed by atoms with Crippen LogP contribution in [0.2, 0.25) is 0 Å². The molecular formula is C10H9N3O3. The van der Waals surface area contributed by atoms with Crippen LogP contribution < -0.4 is 14.8 Å². The van der Waals surface area contributed by atoms with Gasteiger partial charge in [0.25, 0.3) is 11.8 Å². The van der Waals surface area contributed by atoms with Crippen LogP contribution in [0.1, 0.15) is 0 Å². The van der Waals surface area contributed by atoms with E-state index in [0.717, 1.165) is 11.3 Å². The van der Waals surface area contributed by atoms with Crippen LogP contribution in [0, 0.1) is 0 Å². The molecule has 82 valence electrons. The summed E-state index contributed by atoms with van der Waals surface area (Å²) in [5, 5.41) is 6.53. The lowest BCUT2D eigenvalue weighted by atomic mass is 10.2. The summed E-state index contributed by atoms with van der Waals surface area (Å²) in [6.45, 7) is 0.254. The lowest BCUT2D eigenvalue weighted by molar-refractivity contribution is 0.174. The smallest absolute Gasteiger partial charge is 0.263 e. The Kier molecular flexibility index (Phi) is 1.92. The average molecular weight is 219 g/mol. The number of anilines is 1. The number of benzene rings is 1. The van der Waals surface area contributed by atoms with Gasteiger partial charge in [-0.1, -0.05) is 0 Å². The largest absolute Gasteiger partial charge is 0.454 e. The minimum atomic E-state index is 0.254. The van der Waals surface area contributed by atoms with Gasteiger partial charge in [-0.15, -0.1) is 0 Å². The van der Waals surface area contributed by atoms with E-state index in [1.807, 2.05) is 18.2 Å². The average Bonchev–Trinajstić information content (AvgIpc) is 2.96. The van der Waals surface area contributed by atoms with E-state index >= 15 is 0 Å². The fourth-order valence-electron chi connectivity index (χ4n) is 1.47. The molecule has 0 fully saturated rings. The van der Waals surface area contributed by atoms with Crippen LogP contribution in [0.15, 0.2) is 22.7 Å². The first-order chi connectivity index (χ1) is 7.86. The predicted octanol–water partition coefficient (Wildman–Crippen LogP) is 1.51. The molecule has 2 aromatic rings. The molecule has 6 nitrogen and oxygen atoms in total. The molecule has 1 aliphatic rings. The Morgan fingerprint density at radius 3 is 2.94 bits per heavy atom. The minimum Gasteiger partial charge on any atom is -0.454 e. The van der Waals surface area contributed by atoms with E-state index in [4.69, 9.17) is 14.0 Å². The van der Waals surface area contributed by atoms with E-state index in [1.165, 1.54) is 0 Å². The molecule has 0 atom stereocenters. The molecule has 0 saturated carbocycles. The molecule has 0 aliphatic carbocycles. The lowest BCUT2D eigenvalue weighted by Crippen LogP contribution is -1.92. The van der Waals surface area contributed by atoms with Gasteiger partial charge < -0.3 is 19.3 Å². The van der Waals surface area contributed by atoms with Crippen molar-refractivity contribution in [3.05, 3.63) is 18.2 Å². The van der Waals surface area contributed by atoms with Gasteiger partial charge in [0.2, 0.25) is 6.79 Å². The van der Waals surface area contributed by atoms with Crippen molar-refractivity contribution in [1.82, 2.24) is 10.1 Å². The SMILES string of the molecule is CNc1noc(-c2ccc3c(c2)OCO3)n1. The summed E-state index contributed by atoms with van der Waals surface area (Å²) in [5.74, 6) is 2.33. The highest BCUT2D eigenvalue weighted by Crippen LogP contribution is 2.35. The fraction of sp³-hybridized carbons (Fsp3) is 0.200. The van der Waals surface area contributed by atoms with Crippen LogP contribution in [-0.2, 0) is 0 Å². The van der Waals surface area contributed by atoms with Crippen molar-refractivity contribution in [2.45, 2.75) is 0 Å². The van der Waals surface area contributed by atoms with E-state index < -0.39 is 0 Å². The third-order valence-electron chi connectivity index (χ3n) is 2.27. The Hall–Kier alpha value is -2.24. The minimum absolute atomic E-state index is 0.254. The Morgan fingerprint density at radius 1 is 1.25 bits per heavy atom.